The van der Waals surface area contributed by atoms with E-state index < -0.39 is 12.2 Å². The highest BCUT2D eigenvalue weighted by Crippen LogP contribution is 2.32. The van der Waals surface area contributed by atoms with Crippen molar-refractivity contribution < 1.29 is 18.6 Å². The molecule has 0 radical (unpaired) electrons. The Morgan fingerprint density at radius 2 is 2.07 bits per heavy atom. The summed E-state index contributed by atoms with van der Waals surface area (Å²) in [5.74, 6) is 0.883. The van der Waals surface area contributed by atoms with Gasteiger partial charge in [0.25, 0.3) is 0 Å². The molecule has 2 fully saturated rings. The second kappa shape index (κ2) is 11.1. The van der Waals surface area contributed by atoms with Gasteiger partial charge in [0, 0.05) is 25.7 Å². The van der Waals surface area contributed by atoms with E-state index in [1.54, 1.807) is 18.2 Å². The van der Waals surface area contributed by atoms with Gasteiger partial charge in [0.1, 0.15) is 5.75 Å². The van der Waals surface area contributed by atoms with Crippen LogP contribution < -0.4 is 20.3 Å². The molecule has 1 aliphatic carbocycles. The topological polar surface area (TPSA) is 69.1 Å². The number of guanidine groups is 1. The van der Waals surface area contributed by atoms with Crippen molar-refractivity contribution in [3.05, 3.63) is 24.3 Å². The van der Waals surface area contributed by atoms with Crippen LogP contribution in [0.1, 0.15) is 39.0 Å². The molecule has 1 aromatic carbocycles. The maximum atomic E-state index is 12.7. The summed E-state index contributed by atoms with van der Waals surface area (Å²) < 4.78 is 30.0. The predicted molar refractivity (Wildman–Crippen MR) is 122 cm³/mol. The Balaban J connectivity index is 0.00000300. The smallest absolute Gasteiger partial charge is 0.387 e. The Labute approximate surface area is 188 Å². The lowest BCUT2D eigenvalue weighted by Gasteiger charge is -2.23. The molecule has 1 saturated heterocycles. The van der Waals surface area contributed by atoms with Crippen molar-refractivity contribution in [2.24, 2.45) is 4.99 Å². The van der Waals surface area contributed by atoms with Crippen molar-refractivity contribution in [3.8, 4) is 5.75 Å². The van der Waals surface area contributed by atoms with Gasteiger partial charge in [-0.3, -0.25) is 4.99 Å². The normalized spacial score (nSPS) is 21.2. The lowest BCUT2D eigenvalue weighted by atomic mass is 10.0. The molecule has 29 heavy (non-hydrogen) atoms. The fraction of sp³-hybridized carbons (Fsp3) is 0.650. The van der Waals surface area contributed by atoms with Gasteiger partial charge in [-0.15, -0.1) is 24.0 Å². The molecule has 1 aromatic rings. The zero-order valence-electron chi connectivity index (χ0n) is 16.7. The molecule has 9 heteroatoms. The van der Waals surface area contributed by atoms with Crippen molar-refractivity contribution in [2.45, 2.75) is 57.3 Å². The first-order valence-corrected chi connectivity index (χ1v) is 10.0. The Morgan fingerprint density at radius 3 is 2.76 bits per heavy atom. The van der Waals surface area contributed by atoms with E-state index in [1.807, 2.05) is 17.9 Å². The molecule has 6 nitrogen and oxygen atoms in total. The molecular weight excluding hydrogens is 493 g/mol. The highest BCUT2D eigenvalue weighted by Gasteiger charge is 2.31. The predicted octanol–water partition coefficient (Wildman–Crippen LogP) is 3.34. The number of para-hydroxylation sites is 2. The number of aliphatic imine (C=N–C) groups is 1. The molecule has 1 aliphatic heterocycles. The van der Waals surface area contributed by atoms with Crippen molar-refractivity contribution in [3.63, 3.8) is 0 Å². The Morgan fingerprint density at radius 1 is 1.34 bits per heavy atom. The Bertz CT molecular complexity index is 672. The molecule has 0 spiro atoms. The lowest BCUT2D eigenvalue weighted by molar-refractivity contribution is -0.0495. The van der Waals surface area contributed by atoms with Crippen LogP contribution in [0.25, 0.3) is 0 Å². The van der Waals surface area contributed by atoms with Gasteiger partial charge in [0.05, 0.1) is 17.8 Å². The summed E-state index contributed by atoms with van der Waals surface area (Å²) in [6.07, 6.45) is 4.56. The van der Waals surface area contributed by atoms with Gasteiger partial charge in [-0.25, -0.2) is 0 Å². The molecule has 3 rings (SSSR count). The SMILES string of the molecule is CCNC(=NCC1(O)CCCC1)NC1CCN(c2ccccc2OC(F)F)C1.I. The summed E-state index contributed by atoms with van der Waals surface area (Å²) >= 11 is 0. The third kappa shape index (κ3) is 6.84. The summed E-state index contributed by atoms with van der Waals surface area (Å²) in [4.78, 5) is 6.63. The van der Waals surface area contributed by atoms with E-state index in [0.29, 0.717) is 24.7 Å². The van der Waals surface area contributed by atoms with Crippen molar-refractivity contribution >= 4 is 35.6 Å². The second-order valence-corrected chi connectivity index (χ2v) is 7.55. The minimum atomic E-state index is -2.84. The van der Waals surface area contributed by atoms with Gasteiger partial charge >= 0.3 is 6.61 Å². The van der Waals surface area contributed by atoms with Crippen LogP contribution in [-0.4, -0.2) is 55.5 Å². The Hall–Kier alpha value is -1.36. The minimum Gasteiger partial charge on any atom is -0.433 e. The third-order valence-electron chi connectivity index (χ3n) is 5.36. The maximum Gasteiger partial charge on any atom is 0.387 e. The molecule has 3 N–H and O–H groups in total. The van der Waals surface area contributed by atoms with Gasteiger partial charge in [-0.1, -0.05) is 25.0 Å². The van der Waals surface area contributed by atoms with Crippen LogP contribution in [0.3, 0.4) is 0 Å². The van der Waals surface area contributed by atoms with Gasteiger partial charge in [0.2, 0.25) is 0 Å². The van der Waals surface area contributed by atoms with Crippen LogP contribution in [0.4, 0.5) is 14.5 Å². The van der Waals surface area contributed by atoms with Crippen molar-refractivity contribution in [1.82, 2.24) is 10.6 Å². The van der Waals surface area contributed by atoms with E-state index in [4.69, 9.17) is 0 Å². The molecular formula is C20H31F2IN4O2. The highest BCUT2D eigenvalue weighted by molar-refractivity contribution is 14.0. The van der Waals surface area contributed by atoms with Crippen molar-refractivity contribution in [2.75, 3.05) is 31.1 Å². The first kappa shape index (κ1) is 23.9. The van der Waals surface area contributed by atoms with Crippen LogP contribution in [0.5, 0.6) is 5.75 Å². The number of hydrogen-bond donors (Lipinski definition) is 3. The van der Waals surface area contributed by atoms with Crippen LogP contribution in [0.2, 0.25) is 0 Å². The fourth-order valence-corrected chi connectivity index (χ4v) is 3.94. The monoisotopic (exact) mass is 524 g/mol. The minimum absolute atomic E-state index is 0. The first-order valence-electron chi connectivity index (χ1n) is 10.0. The summed E-state index contributed by atoms with van der Waals surface area (Å²) in [6, 6.07) is 7.01. The van der Waals surface area contributed by atoms with E-state index in [9.17, 15) is 13.9 Å². The molecule has 164 valence electrons. The molecule has 1 saturated carbocycles. The van der Waals surface area contributed by atoms with E-state index in [2.05, 4.69) is 20.4 Å². The first-order chi connectivity index (χ1) is 13.5. The Kier molecular flexibility index (Phi) is 9.19. The van der Waals surface area contributed by atoms with Crippen LogP contribution >= 0.6 is 24.0 Å². The summed E-state index contributed by atoms with van der Waals surface area (Å²) in [6.45, 7) is 1.69. The standard InChI is InChI=1S/C20H30F2N4O2.HI/c1-2-23-19(24-14-20(27)10-5-6-11-20)25-15-9-12-26(13-15)16-7-3-4-8-17(16)28-18(21)22;/h3-4,7-8,15,18,27H,2,5-6,9-14H2,1H3,(H2,23,24,25);1H. The molecule has 0 amide bonds. The number of hydrogen-bond acceptors (Lipinski definition) is 4. The van der Waals surface area contributed by atoms with E-state index in [1.165, 1.54) is 0 Å². The number of nitrogens with one attached hydrogen (secondary N) is 2. The van der Waals surface area contributed by atoms with Gasteiger partial charge in [-0.05, 0) is 38.3 Å². The molecule has 0 bridgehead atoms. The van der Waals surface area contributed by atoms with Gasteiger partial charge in [0.15, 0.2) is 5.96 Å². The van der Waals surface area contributed by atoms with Crippen LogP contribution in [0.15, 0.2) is 29.3 Å². The van der Waals surface area contributed by atoms with Gasteiger partial charge in [-0.2, -0.15) is 8.78 Å². The number of nitrogens with zero attached hydrogens (tertiary/aromatic N) is 2. The molecule has 1 unspecified atom stereocenters. The largest absolute Gasteiger partial charge is 0.433 e. The number of anilines is 1. The molecule has 1 atom stereocenters. The third-order valence-corrected chi connectivity index (χ3v) is 5.36. The average molecular weight is 524 g/mol. The number of ether oxygens (including phenoxy) is 1. The average Bonchev–Trinajstić information content (AvgIpc) is 3.30. The number of aliphatic hydroxyl groups is 1. The summed E-state index contributed by atoms with van der Waals surface area (Å²) in [5, 5.41) is 17.2. The highest BCUT2D eigenvalue weighted by atomic mass is 127. The number of benzene rings is 1. The van der Waals surface area contributed by atoms with E-state index >= 15 is 0 Å². The summed E-state index contributed by atoms with van der Waals surface area (Å²) in [5.41, 5.74) is -0.00962. The van der Waals surface area contributed by atoms with Crippen molar-refractivity contribution in [1.29, 1.82) is 0 Å². The van der Waals surface area contributed by atoms with Gasteiger partial charge < -0.3 is 25.4 Å². The second-order valence-electron chi connectivity index (χ2n) is 7.55. The number of halogens is 3. The zero-order valence-corrected chi connectivity index (χ0v) is 19.1. The van der Waals surface area contributed by atoms with E-state index in [0.717, 1.165) is 45.2 Å². The number of rotatable bonds is 7. The quantitative estimate of drug-likeness (QED) is 0.290. The summed E-state index contributed by atoms with van der Waals surface area (Å²) in [7, 11) is 0. The van der Waals surface area contributed by atoms with E-state index in [-0.39, 0.29) is 35.8 Å². The zero-order chi connectivity index (χ0) is 20.0. The fourth-order valence-electron chi connectivity index (χ4n) is 3.94. The van der Waals surface area contributed by atoms with Crippen LogP contribution in [-0.2, 0) is 0 Å². The maximum absolute atomic E-state index is 12.7. The molecule has 2 aliphatic rings. The van der Waals surface area contributed by atoms with Crippen LogP contribution in [0, 0.1) is 0 Å². The lowest BCUT2D eigenvalue weighted by Crippen LogP contribution is -2.45. The molecule has 0 aromatic heterocycles. The molecule has 1 heterocycles. The number of alkyl halides is 2.